The first-order valence-corrected chi connectivity index (χ1v) is 5.40. The number of nitrogens with one attached hydrogen (secondary N) is 1. The van der Waals surface area contributed by atoms with E-state index < -0.39 is 24.7 Å². The average molecular weight is 277 g/mol. The quantitative estimate of drug-likeness (QED) is 0.840. The van der Waals surface area contributed by atoms with Gasteiger partial charge in [0.2, 0.25) is 0 Å². The molecule has 106 valence electrons. The van der Waals surface area contributed by atoms with Crippen LogP contribution in [0.15, 0.2) is 24.3 Å². The van der Waals surface area contributed by atoms with Gasteiger partial charge in [0.05, 0.1) is 13.5 Å². The summed E-state index contributed by atoms with van der Waals surface area (Å²) in [5.74, 6) is -0.0890. The fourth-order valence-electron chi connectivity index (χ4n) is 1.38. The second-order valence-electron chi connectivity index (χ2n) is 3.75. The average Bonchev–Trinajstić information content (AvgIpc) is 2.36. The van der Waals surface area contributed by atoms with Crippen LogP contribution in [-0.4, -0.2) is 32.5 Å². The fourth-order valence-corrected chi connectivity index (χ4v) is 1.38. The molecular weight excluding hydrogens is 263 g/mol. The van der Waals surface area contributed by atoms with Crippen molar-refractivity contribution in [3.8, 4) is 5.75 Å². The Bertz CT molecular complexity index is 417. The van der Waals surface area contributed by atoms with Crippen LogP contribution in [0.25, 0.3) is 0 Å². The summed E-state index contributed by atoms with van der Waals surface area (Å²) in [6.45, 7) is 0. The first kappa shape index (κ1) is 15.3. The SMILES string of the molecule is COc1ccc(C(=O)N[C@H](CC(F)(F)F)OC)cc1. The summed E-state index contributed by atoms with van der Waals surface area (Å²) in [7, 11) is 2.57. The van der Waals surface area contributed by atoms with Gasteiger partial charge in [-0.15, -0.1) is 0 Å². The molecule has 1 aromatic carbocycles. The molecule has 1 aromatic rings. The lowest BCUT2D eigenvalue weighted by Crippen LogP contribution is -2.39. The Labute approximate surface area is 108 Å². The Morgan fingerprint density at radius 2 is 1.84 bits per heavy atom. The molecule has 0 aromatic heterocycles. The molecule has 4 nitrogen and oxygen atoms in total. The third-order valence-corrected chi connectivity index (χ3v) is 2.35. The van der Waals surface area contributed by atoms with E-state index in [0.29, 0.717) is 5.75 Å². The zero-order valence-corrected chi connectivity index (χ0v) is 10.5. The molecule has 1 atom stereocenters. The summed E-state index contributed by atoms with van der Waals surface area (Å²) in [5.41, 5.74) is 0.227. The highest BCUT2D eigenvalue weighted by molar-refractivity contribution is 5.94. The van der Waals surface area contributed by atoms with Crippen LogP contribution in [0.1, 0.15) is 16.8 Å². The molecule has 19 heavy (non-hydrogen) atoms. The number of ether oxygens (including phenoxy) is 2. The molecule has 0 unspecified atom stereocenters. The zero-order valence-electron chi connectivity index (χ0n) is 10.5. The lowest BCUT2D eigenvalue weighted by molar-refractivity contribution is -0.159. The molecule has 0 radical (unpaired) electrons. The van der Waals surface area contributed by atoms with Gasteiger partial charge in [-0.25, -0.2) is 0 Å². The number of halogens is 3. The number of alkyl halides is 3. The van der Waals surface area contributed by atoms with Crippen LogP contribution in [0.2, 0.25) is 0 Å². The van der Waals surface area contributed by atoms with Crippen molar-refractivity contribution in [2.75, 3.05) is 14.2 Å². The van der Waals surface area contributed by atoms with Gasteiger partial charge in [0, 0.05) is 12.7 Å². The van der Waals surface area contributed by atoms with Crippen LogP contribution >= 0.6 is 0 Å². The fraction of sp³-hybridized carbons (Fsp3) is 0.417. The summed E-state index contributed by atoms with van der Waals surface area (Å²) in [6, 6.07) is 5.99. The van der Waals surface area contributed by atoms with Crippen molar-refractivity contribution in [1.29, 1.82) is 0 Å². The third kappa shape index (κ3) is 5.17. The predicted molar refractivity (Wildman–Crippen MR) is 61.9 cm³/mol. The second kappa shape index (κ2) is 6.42. The van der Waals surface area contributed by atoms with Gasteiger partial charge < -0.3 is 14.8 Å². The van der Waals surface area contributed by atoms with Crippen LogP contribution in [0.4, 0.5) is 13.2 Å². The maximum absolute atomic E-state index is 12.2. The van der Waals surface area contributed by atoms with Crippen LogP contribution in [0.5, 0.6) is 5.75 Å². The van der Waals surface area contributed by atoms with Crippen molar-refractivity contribution < 1.29 is 27.4 Å². The Hall–Kier alpha value is -1.76. The molecule has 0 bridgehead atoms. The normalized spacial score (nSPS) is 12.9. The Kier molecular flexibility index (Phi) is 5.17. The van der Waals surface area contributed by atoms with Gasteiger partial charge in [0.25, 0.3) is 5.91 Å². The van der Waals surface area contributed by atoms with E-state index in [9.17, 15) is 18.0 Å². The smallest absolute Gasteiger partial charge is 0.393 e. The highest BCUT2D eigenvalue weighted by atomic mass is 19.4. The lowest BCUT2D eigenvalue weighted by Gasteiger charge is -2.18. The number of methoxy groups -OCH3 is 2. The van der Waals surface area contributed by atoms with Gasteiger partial charge >= 0.3 is 6.18 Å². The van der Waals surface area contributed by atoms with E-state index in [0.717, 1.165) is 7.11 Å². The maximum atomic E-state index is 12.2. The minimum atomic E-state index is -4.41. The number of carbonyl (C=O) groups is 1. The van der Waals surface area contributed by atoms with Crippen molar-refractivity contribution in [1.82, 2.24) is 5.32 Å². The topological polar surface area (TPSA) is 47.6 Å². The van der Waals surface area contributed by atoms with Gasteiger partial charge in [-0.3, -0.25) is 4.79 Å². The first-order chi connectivity index (χ1) is 8.85. The number of rotatable bonds is 5. The molecule has 7 heteroatoms. The van der Waals surface area contributed by atoms with E-state index in [-0.39, 0.29) is 5.56 Å². The largest absolute Gasteiger partial charge is 0.497 e. The maximum Gasteiger partial charge on any atom is 0.393 e. The molecule has 0 spiro atoms. The lowest BCUT2D eigenvalue weighted by atomic mass is 10.2. The number of hydrogen-bond donors (Lipinski definition) is 1. The van der Waals surface area contributed by atoms with Gasteiger partial charge in [0.1, 0.15) is 12.0 Å². The molecule has 0 aliphatic rings. The summed E-state index contributed by atoms with van der Waals surface area (Å²) < 4.78 is 46.1. The molecule has 1 amide bonds. The van der Waals surface area contributed by atoms with Crippen molar-refractivity contribution in [3.63, 3.8) is 0 Å². The molecule has 1 rings (SSSR count). The van der Waals surface area contributed by atoms with Crippen molar-refractivity contribution in [3.05, 3.63) is 29.8 Å². The second-order valence-corrected chi connectivity index (χ2v) is 3.75. The summed E-state index contributed by atoms with van der Waals surface area (Å²) in [6.07, 6.45) is -7.06. The highest BCUT2D eigenvalue weighted by Crippen LogP contribution is 2.22. The molecule has 0 saturated carbocycles. The minimum absolute atomic E-state index is 0.227. The summed E-state index contributed by atoms with van der Waals surface area (Å²) in [5, 5.41) is 2.16. The zero-order chi connectivity index (χ0) is 14.5. The molecule has 0 aliphatic heterocycles. The van der Waals surface area contributed by atoms with Crippen LogP contribution < -0.4 is 10.1 Å². The first-order valence-electron chi connectivity index (χ1n) is 5.40. The van der Waals surface area contributed by atoms with Crippen LogP contribution in [0, 0.1) is 0 Å². The standard InChI is InChI=1S/C12H14F3NO3/c1-18-9-5-3-8(4-6-9)11(17)16-10(19-2)7-12(13,14)15/h3-6,10H,7H2,1-2H3,(H,16,17)/t10-/m0/s1. The minimum Gasteiger partial charge on any atom is -0.497 e. The molecule has 1 N–H and O–H groups in total. The number of benzene rings is 1. The Balaban J connectivity index is 2.66. The Morgan fingerprint density at radius 1 is 1.26 bits per heavy atom. The van der Waals surface area contributed by atoms with Gasteiger partial charge in [-0.1, -0.05) is 0 Å². The van der Waals surface area contributed by atoms with E-state index in [4.69, 9.17) is 4.74 Å². The van der Waals surface area contributed by atoms with Gasteiger partial charge in [0.15, 0.2) is 0 Å². The van der Waals surface area contributed by atoms with Gasteiger partial charge in [-0.2, -0.15) is 13.2 Å². The van der Waals surface area contributed by atoms with E-state index in [1.807, 2.05) is 0 Å². The number of amides is 1. The van der Waals surface area contributed by atoms with Crippen LogP contribution in [0.3, 0.4) is 0 Å². The van der Waals surface area contributed by atoms with Crippen molar-refractivity contribution in [2.45, 2.75) is 18.8 Å². The highest BCUT2D eigenvalue weighted by Gasteiger charge is 2.32. The van der Waals surface area contributed by atoms with E-state index in [1.54, 1.807) is 12.1 Å². The molecule has 0 saturated heterocycles. The van der Waals surface area contributed by atoms with Crippen molar-refractivity contribution in [2.24, 2.45) is 0 Å². The summed E-state index contributed by atoms with van der Waals surface area (Å²) >= 11 is 0. The Morgan fingerprint density at radius 3 is 2.26 bits per heavy atom. The summed E-state index contributed by atoms with van der Waals surface area (Å²) in [4.78, 5) is 11.7. The predicted octanol–water partition coefficient (Wildman–Crippen LogP) is 2.35. The molecule has 0 aliphatic carbocycles. The number of carbonyl (C=O) groups excluding carboxylic acids is 1. The van der Waals surface area contributed by atoms with Crippen molar-refractivity contribution >= 4 is 5.91 Å². The molecule has 0 heterocycles. The van der Waals surface area contributed by atoms with E-state index >= 15 is 0 Å². The van der Waals surface area contributed by atoms with E-state index in [1.165, 1.54) is 19.2 Å². The third-order valence-electron chi connectivity index (χ3n) is 2.35. The number of hydrogen-bond acceptors (Lipinski definition) is 3. The monoisotopic (exact) mass is 277 g/mol. The van der Waals surface area contributed by atoms with Gasteiger partial charge in [-0.05, 0) is 24.3 Å². The molecule has 0 fully saturated rings. The van der Waals surface area contributed by atoms with E-state index in [2.05, 4.69) is 10.1 Å². The van der Waals surface area contributed by atoms with Crippen LogP contribution in [-0.2, 0) is 4.74 Å². The molecular formula is C12H14F3NO3.